The van der Waals surface area contributed by atoms with Gasteiger partial charge in [0.25, 0.3) is 5.91 Å². The molecule has 1 aliphatic heterocycles. The molecule has 1 aromatic heterocycles. The second kappa shape index (κ2) is 8.65. The molecule has 0 radical (unpaired) electrons. The van der Waals surface area contributed by atoms with Crippen LogP contribution in [0.25, 0.3) is 11.3 Å². The van der Waals surface area contributed by atoms with E-state index < -0.39 is 0 Å². The maximum absolute atomic E-state index is 12.5. The largest absolute Gasteiger partial charge is 0.372 e. The van der Waals surface area contributed by atoms with Gasteiger partial charge in [0.15, 0.2) is 5.13 Å². The molecule has 2 atom stereocenters. The van der Waals surface area contributed by atoms with Crippen LogP contribution in [0.3, 0.4) is 0 Å². The van der Waals surface area contributed by atoms with Gasteiger partial charge in [0.05, 0.1) is 17.9 Å². The van der Waals surface area contributed by atoms with Crippen LogP contribution >= 0.6 is 27.3 Å². The molecule has 2 heterocycles. The second-order valence-corrected chi connectivity index (χ2v) is 8.98. The maximum Gasteiger partial charge on any atom is 0.255 e. The fourth-order valence-electron chi connectivity index (χ4n) is 3.47. The number of rotatable bonds is 4. The summed E-state index contributed by atoms with van der Waals surface area (Å²) < 4.78 is 6.69. The SMILES string of the molecule is CC1CN(c2nc(-c3cccc(NC(=O)c4cccc(Br)c4)c3)cs2)CC(C)O1. The van der Waals surface area contributed by atoms with Crippen molar-refractivity contribution in [2.45, 2.75) is 26.1 Å². The molecule has 1 aliphatic rings. The van der Waals surface area contributed by atoms with Gasteiger partial charge in [0.1, 0.15) is 0 Å². The molecule has 1 saturated heterocycles. The number of carbonyl (C=O) groups excluding carboxylic acids is 1. The van der Waals surface area contributed by atoms with Crippen LogP contribution in [-0.2, 0) is 4.74 Å². The summed E-state index contributed by atoms with van der Waals surface area (Å²) in [4.78, 5) is 19.6. The Hall–Kier alpha value is -2.22. The van der Waals surface area contributed by atoms with Crippen molar-refractivity contribution in [2.75, 3.05) is 23.3 Å². The minimum atomic E-state index is -0.140. The first-order valence-electron chi connectivity index (χ1n) is 9.51. The number of carbonyl (C=O) groups is 1. The summed E-state index contributed by atoms with van der Waals surface area (Å²) in [5, 5.41) is 6.04. The van der Waals surface area contributed by atoms with Crippen molar-refractivity contribution in [1.29, 1.82) is 0 Å². The number of halogens is 1. The van der Waals surface area contributed by atoms with Crippen molar-refractivity contribution in [3.05, 3.63) is 63.9 Å². The number of aromatic nitrogens is 1. The van der Waals surface area contributed by atoms with Gasteiger partial charge in [-0.05, 0) is 44.2 Å². The summed E-state index contributed by atoms with van der Waals surface area (Å²) in [5.41, 5.74) is 3.25. The summed E-state index contributed by atoms with van der Waals surface area (Å²) in [6, 6.07) is 15.1. The van der Waals surface area contributed by atoms with Crippen LogP contribution in [0.4, 0.5) is 10.8 Å². The molecule has 1 N–H and O–H groups in total. The van der Waals surface area contributed by atoms with E-state index in [1.165, 1.54) is 0 Å². The monoisotopic (exact) mass is 471 g/mol. The summed E-state index contributed by atoms with van der Waals surface area (Å²) in [6.45, 7) is 5.88. The number of hydrogen-bond acceptors (Lipinski definition) is 5. The predicted molar refractivity (Wildman–Crippen MR) is 122 cm³/mol. The van der Waals surface area contributed by atoms with Crippen molar-refractivity contribution >= 4 is 44.0 Å². The first-order valence-corrected chi connectivity index (χ1v) is 11.2. The first kappa shape index (κ1) is 20.1. The number of morpholine rings is 1. The molecule has 2 unspecified atom stereocenters. The molecule has 0 spiro atoms. The van der Waals surface area contributed by atoms with E-state index >= 15 is 0 Å². The zero-order valence-corrected chi connectivity index (χ0v) is 18.7. The summed E-state index contributed by atoms with van der Waals surface area (Å²) in [7, 11) is 0. The topological polar surface area (TPSA) is 54.5 Å². The molecule has 150 valence electrons. The van der Waals surface area contributed by atoms with Crippen LogP contribution < -0.4 is 10.2 Å². The Bertz CT molecular complexity index is 1010. The van der Waals surface area contributed by atoms with Gasteiger partial charge in [-0.25, -0.2) is 4.98 Å². The lowest BCUT2D eigenvalue weighted by Gasteiger charge is -2.35. The van der Waals surface area contributed by atoms with Crippen LogP contribution in [0, 0.1) is 0 Å². The summed E-state index contributed by atoms with van der Waals surface area (Å²) in [6.07, 6.45) is 0.394. The van der Waals surface area contributed by atoms with Crippen LogP contribution in [0.5, 0.6) is 0 Å². The fraction of sp³-hybridized carbons (Fsp3) is 0.273. The van der Waals surface area contributed by atoms with E-state index in [1.807, 2.05) is 36.4 Å². The number of hydrogen-bond donors (Lipinski definition) is 1. The average molecular weight is 472 g/mol. The van der Waals surface area contributed by atoms with E-state index in [4.69, 9.17) is 9.72 Å². The lowest BCUT2D eigenvalue weighted by molar-refractivity contribution is -0.00522. The van der Waals surface area contributed by atoms with E-state index in [9.17, 15) is 4.79 Å². The average Bonchev–Trinajstić information content (AvgIpc) is 3.18. The molecule has 0 bridgehead atoms. The number of thiazole rings is 1. The molecule has 0 aliphatic carbocycles. The molecule has 1 fully saturated rings. The lowest BCUT2D eigenvalue weighted by atomic mass is 10.1. The zero-order valence-electron chi connectivity index (χ0n) is 16.3. The molecule has 5 nitrogen and oxygen atoms in total. The van der Waals surface area contributed by atoms with Gasteiger partial charge >= 0.3 is 0 Å². The minimum Gasteiger partial charge on any atom is -0.372 e. The number of benzene rings is 2. The van der Waals surface area contributed by atoms with Gasteiger partial charge < -0.3 is 15.0 Å². The summed E-state index contributed by atoms with van der Waals surface area (Å²) in [5.74, 6) is -0.140. The Morgan fingerprint density at radius 1 is 1.17 bits per heavy atom. The Morgan fingerprint density at radius 2 is 1.93 bits per heavy atom. The van der Waals surface area contributed by atoms with E-state index in [0.717, 1.165) is 39.6 Å². The standard InChI is InChI=1S/C22H22BrN3O2S/c1-14-11-26(12-15(2)28-14)22-25-20(13-29-22)16-5-4-8-19(10-16)24-21(27)17-6-3-7-18(23)9-17/h3-10,13-15H,11-12H2,1-2H3,(H,24,27). The smallest absolute Gasteiger partial charge is 0.255 e. The third kappa shape index (κ3) is 4.86. The van der Waals surface area contributed by atoms with Gasteiger partial charge in [0.2, 0.25) is 0 Å². The van der Waals surface area contributed by atoms with Gasteiger partial charge in [-0.1, -0.05) is 34.1 Å². The van der Waals surface area contributed by atoms with Crippen molar-refractivity contribution < 1.29 is 9.53 Å². The number of ether oxygens (including phenoxy) is 1. The van der Waals surface area contributed by atoms with E-state index in [1.54, 1.807) is 23.5 Å². The molecule has 29 heavy (non-hydrogen) atoms. The van der Waals surface area contributed by atoms with E-state index in [2.05, 4.69) is 45.4 Å². The van der Waals surface area contributed by atoms with Gasteiger partial charge in [-0.15, -0.1) is 11.3 Å². The van der Waals surface area contributed by atoms with Gasteiger partial charge in [-0.3, -0.25) is 4.79 Å². The Kier molecular flexibility index (Phi) is 5.99. The molecular formula is C22H22BrN3O2S. The zero-order chi connectivity index (χ0) is 20.4. The molecule has 1 amide bonds. The Balaban J connectivity index is 1.50. The van der Waals surface area contributed by atoms with Crippen LogP contribution in [0.15, 0.2) is 58.4 Å². The fourth-order valence-corrected chi connectivity index (χ4v) is 4.72. The molecule has 2 aromatic carbocycles. The van der Waals surface area contributed by atoms with Gasteiger partial charge in [-0.2, -0.15) is 0 Å². The van der Waals surface area contributed by atoms with Crippen molar-refractivity contribution in [2.24, 2.45) is 0 Å². The molecule has 0 saturated carbocycles. The third-order valence-corrected chi connectivity index (χ3v) is 6.08. The third-order valence-electron chi connectivity index (χ3n) is 4.69. The number of amides is 1. The quantitative estimate of drug-likeness (QED) is 0.550. The first-order chi connectivity index (χ1) is 14.0. The lowest BCUT2D eigenvalue weighted by Crippen LogP contribution is -2.45. The highest BCUT2D eigenvalue weighted by atomic mass is 79.9. The highest BCUT2D eigenvalue weighted by molar-refractivity contribution is 9.10. The highest BCUT2D eigenvalue weighted by Gasteiger charge is 2.24. The molecule has 7 heteroatoms. The van der Waals surface area contributed by atoms with E-state index in [-0.39, 0.29) is 18.1 Å². The molecule has 3 aromatic rings. The normalized spacial score (nSPS) is 19.2. The highest BCUT2D eigenvalue weighted by Crippen LogP contribution is 2.30. The van der Waals surface area contributed by atoms with Crippen molar-refractivity contribution in [3.63, 3.8) is 0 Å². The van der Waals surface area contributed by atoms with Crippen molar-refractivity contribution in [3.8, 4) is 11.3 Å². The summed E-state index contributed by atoms with van der Waals surface area (Å²) >= 11 is 5.04. The van der Waals surface area contributed by atoms with Crippen molar-refractivity contribution in [1.82, 2.24) is 4.98 Å². The number of nitrogens with one attached hydrogen (secondary N) is 1. The molecular weight excluding hydrogens is 450 g/mol. The molecule has 4 rings (SSSR count). The minimum absolute atomic E-state index is 0.140. The van der Waals surface area contributed by atoms with Gasteiger partial charge in [0, 0.05) is 39.8 Å². The Labute approximate surface area is 182 Å². The predicted octanol–water partition coefficient (Wildman–Crippen LogP) is 5.44. The van der Waals surface area contributed by atoms with Crippen LogP contribution in [0.1, 0.15) is 24.2 Å². The van der Waals surface area contributed by atoms with Crippen LogP contribution in [0.2, 0.25) is 0 Å². The number of anilines is 2. The van der Waals surface area contributed by atoms with Crippen LogP contribution in [-0.4, -0.2) is 36.2 Å². The number of nitrogens with zero attached hydrogens (tertiary/aromatic N) is 2. The van der Waals surface area contributed by atoms with E-state index in [0.29, 0.717) is 5.56 Å². The maximum atomic E-state index is 12.5. The Morgan fingerprint density at radius 3 is 2.69 bits per heavy atom. The second-order valence-electron chi connectivity index (χ2n) is 7.22.